The molecule has 0 aliphatic carbocycles. The van der Waals surface area contributed by atoms with Gasteiger partial charge in [-0.15, -0.1) is 0 Å². The third-order valence-electron chi connectivity index (χ3n) is 2.01. The summed E-state index contributed by atoms with van der Waals surface area (Å²) in [5.74, 6) is 0. The summed E-state index contributed by atoms with van der Waals surface area (Å²) in [6, 6.07) is 4.75. The Kier molecular flexibility index (Phi) is 4.39. The molecule has 0 aliphatic heterocycles. The van der Waals surface area contributed by atoms with Gasteiger partial charge in [0.25, 0.3) is 0 Å². The standard InChI is InChI=1S/C11H8Cl3F3/c1-7(6-10(12,13)14)8-3-2-4-9(5-8)11(15,16)17/h2-5H,1,6H2. The Bertz CT molecular complexity index is 419. The molecule has 0 spiro atoms. The van der Waals surface area contributed by atoms with Gasteiger partial charge in [0.1, 0.15) is 0 Å². The van der Waals surface area contributed by atoms with Crippen LogP contribution in [0.1, 0.15) is 17.5 Å². The highest BCUT2D eigenvalue weighted by molar-refractivity contribution is 6.67. The minimum Gasteiger partial charge on any atom is -0.166 e. The normalized spacial score (nSPS) is 12.6. The summed E-state index contributed by atoms with van der Waals surface area (Å²) in [4.78, 5) is 0. The molecule has 6 heteroatoms. The first-order chi connectivity index (χ1) is 7.59. The van der Waals surface area contributed by atoms with Crippen LogP contribution in [0.2, 0.25) is 0 Å². The maximum Gasteiger partial charge on any atom is 0.416 e. The van der Waals surface area contributed by atoms with Gasteiger partial charge in [0.2, 0.25) is 0 Å². The van der Waals surface area contributed by atoms with E-state index in [2.05, 4.69) is 6.58 Å². The van der Waals surface area contributed by atoms with Gasteiger partial charge >= 0.3 is 6.18 Å². The molecule has 0 nitrogen and oxygen atoms in total. The van der Waals surface area contributed by atoms with Crippen molar-refractivity contribution in [2.45, 2.75) is 16.4 Å². The Hall–Kier alpha value is -0.380. The monoisotopic (exact) mass is 302 g/mol. The molecule has 0 N–H and O–H groups in total. The van der Waals surface area contributed by atoms with Gasteiger partial charge < -0.3 is 0 Å². The molecular formula is C11H8Cl3F3. The first-order valence-electron chi connectivity index (χ1n) is 4.52. The van der Waals surface area contributed by atoms with Crippen LogP contribution in [0, 0.1) is 0 Å². The molecule has 0 unspecified atom stereocenters. The summed E-state index contributed by atoms with van der Waals surface area (Å²) in [6.45, 7) is 3.61. The smallest absolute Gasteiger partial charge is 0.166 e. The van der Waals surface area contributed by atoms with Crippen LogP contribution in [0.3, 0.4) is 0 Å². The largest absolute Gasteiger partial charge is 0.416 e. The molecule has 0 atom stereocenters. The molecule has 1 aromatic rings. The molecule has 0 saturated carbocycles. The molecule has 94 valence electrons. The summed E-state index contributed by atoms with van der Waals surface area (Å²) >= 11 is 16.7. The van der Waals surface area contributed by atoms with E-state index in [0.29, 0.717) is 11.1 Å². The molecule has 0 saturated heterocycles. The average molecular weight is 304 g/mol. The van der Waals surface area contributed by atoms with Crippen molar-refractivity contribution >= 4 is 40.4 Å². The quantitative estimate of drug-likeness (QED) is 0.635. The molecule has 0 amide bonds. The van der Waals surface area contributed by atoms with Crippen molar-refractivity contribution < 1.29 is 13.2 Å². The molecule has 0 aliphatic rings. The van der Waals surface area contributed by atoms with Crippen molar-refractivity contribution in [3.63, 3.8) is 0 Å². The Morgan fingerprint density at radius 3 is 2.24 bits per heavy atom. The summed E-state index contributed by atoms with van der Waals surface area (Å²) in [5.41, 5.74) is -0.0947. The van der Waals surface area contributed by atoms with Gasteiger partial charge in [-0.1, -0.05) is 53.5 Å². The highest BCUT2D eigenvalue weighted by Gasteiger charge is 2.31. The topological polar surface area (TPSA) is 0 Å². The van der Waals surface area contributed by atoms with Gasteiger partial charge in [0, 0.05) is 6.42 Å². The zero-order chi connectivity index (χ0) is 13.3. The van der Waals surface area contributed by atoms with Crippen LogP contribution in [-0.4, -0.2) is 3.79 Å². The molecule has 0 fully saturated rings. The fraction of sp³-hybridized carbons (Fsp3) is 0.273. The number of rotatable bonds is 2. The van der Waals surface area contributed by atoms with Crippen LogP contribution in [0.4, 0.5) is 13.2 Å². The minimum atomic E-state index is -4.39. The van der Waals surface area contributed by atoms with Crippen LogP contribution in [0.15, 0.2) is 30.8 Å². The van der Waals surface area contributed by atoms with Crippen molar-refractivity contribution in [2.24, 2.45) is 0 Å². The maximum atomic E-state index is 12.5. The minimum absolute atomic E-state index is 0.0288. The molecular weight excluding hydrogens is 295 g/mol. The molecule has 17 heavy (non-hydrogen) atoms. The second-order valence-corrected chi connectivity index (χ2v) is 5.99. The molecule has 1 aromatic carbocycles. The lowest BCUT2D eigenvalue weighted by molar-refractivity contribution is -0.137. The third-order valence-corrected chi connectivity index (χ3v) is 2.41. The molecule has 1 rings (SSSR count). The van der Waals surface area contributed by atoms with Crippen LogP contribution >= 0.6 is 34.8 Å². The third kappa shape index (κ3) is 4.78. The Labute approximate surface area is 112 Å². The van der Waals surface area contributed by atoms with E-state index in [0.717, 1.165) is 12.1 Å². The lowest BCUT2D eigenvalue weighted by atomic mass is 10.0. The van der Waals surface area contributed by atoms with Crippen molar-refractivity contribution in [3.8, 4) is 0 Å². The Morgan fingerprint density at radius 2 is 1.76 bits per heavy atom. The second-order valence-electron chi connectivity index (χ2n) is 3.47. The van der Waals surface area contributed by atoms with Crippen LogP contribution in [-0.2, 0) is 6.18 Å². The first-order valence-corrected chi connectivity index (χ1v) is 5.65. The van der Waals surface area contributed by atoms with E-state index in [9.17, 15) is 13.2 Å². The molecule has 0 heterocycles. The highest BCUT2D eigenvalue weighted by atomic mass is 35.6. The van der Waals surface area contributed by atoms with E-state index in [4.69, 9.17) is 34.8 Å². The zero-order valence-corrected chi connectivity index (χ0v) is 10.8. The number of allylic oxidation sites excluding steroid dienone is 1. The lowest BCUT2D eigenvalue weighted by Gasteiger charge is -2.14. The van der Waals surface area contributed by atoms with Crippen molar-refractivity contribution in [2.75, 3.05) is 0 Å². The van der Waals surface area contributed by atoms with Crippen molar-refractivity contribution in [1.29, 1.82) is 0 Å². The number of hydrogen-bond acceptors (Lipinski definition) is 0. The molecule has 0 aromatic heterocycles. The van der Waals surface area contributed by atoms with E-state index in [1.54, 1.807) is 0 Å². The number of hydrogen-bond donors (Lipinski definition) is 0. The molecule has 0 radical (unpaired) electrons. The van der Waals surface area contributed by atoms with Crippen LogP contribution < -0.4 is 0 Å². The average Bonchev–Trinajstić information content (AvgIpc) is 2.14. The number of halogens is 6. The summed E-state index contributed by atoms with van der Waals surface area (Å²) in [6.07, 6.45) is -4.42. The first kappa shape index (κ1) is 14.7. The van der Waals surface area contributed by atoms with Crippen molar-refractivity contribution in [3.05, 3.63) is 42.0 Å². The molecule has 0 bridgehead atoms. The lowest BCUT2D eigenvalue weighted by Crippen LogP contribution is -2.06. The zero-order valence-electron chi connectivity index (χ0n) is 8.49. The predicted octanol–water partition coefficient (Wildman–Crippen LogP) is 5.48. The van der Waals surface area contributed by atoms with E-state index in [1.807, 2.05) is 0 Å². The van der Waals surface area contributed by atoms with Gasteiger partial charge in [-0.05, 0) is 23.3 Å². The van der Waals surface area contributed by atoms with Gasteiger partial charge in [-0.2, -0.15) is 13.2 Å². The Morgan fingerprint density at radius 1 is 1.18 bits per heavy atom. The highest BCUT2D eigenvalue weighted by Crippen LogP contribution is 2.37. The fourth-order valence-electron chi connectivity index (χ4n) is 1.26. The SMILES string of the molecule is C=C(CC(Cl)(Cl)Cl)c1cccc(C(F)(F)F)c1. The second kappa shape index (κ2) is 5.09. The fourth-order valence-corrected chi connectivity index (χ4v) is 1.74. The maximum absolute atomic E-state index is 12.5. The van der Waals surface area contributed by atoms with E-state index in [1.165, 1.54) is 12.1 Å². The summed E-state index contributed by atoms with van der Waals surface area (Å²) in [7, 11) is 0. The predicted molar refractivity (Wildman–Crippen MR) is 65.4 cm³/mol. The summed E-state index contributed by atoms with van der Waals surface area (Å²) < 4.78 is 35.8. The van der Waals surface area contributed by atoms with E-state index >= 15 is 0 Å². The van der Waals surface area contributed by atoms with Gasteiger partial charge in [0.05, 0.1) is 5.56 Å². The Balaban J connectivity index is 2.97. The van der Waals surface area contributed by atoms with Gasteiger partial charge in [0.15, 0.2) is 3.79 Å². The summed E-state index contributed by atoms with van der Waals surface area (Å²) in [5, 5.41) is 0. The van der Waals surface area contributed by atoms with Crippen LogP contribution in [0.5, 0.6) is 0 Å². The van der Waals surface area contributed by atoms with E-state index in [-0.39, 0.29) is 6.42 Å². The van der Waals surface area contributed by atoms with Crippen LogP contribution in [0.25, 0.3) is 5.57 Å². The number of benzene rings is 1. The van der Waals surface area contributed by atoms with E-state index < -0.39 is 15.5 Å². The van der Waals surface area contributed by atoms with Gasteiger partial charge in [-0.25, -0.2) is 0 Å². The van der Waals surface area contributed by atoms with Gasteiger partial charge in [-0.3, -0.25) is 0 Å². The van der Waals surface area contributed by atoms with Crippen molar-refractivity contribution in [1.82, 2.24) is 0 Å². The number of alkyl halides is 6.